The van der Waals surface area contributed by atoms with Crippen molar-refractivity contribution in [1.29, 1.82) is 0 Å². The summed E-state index contributed by atoms with van der Waals surface area (Å²) in [5.41, 5.74) is 3.52. The van der Waals surface area contributed by atoms with Gasteiger partial charge in [0.15, 0.2) is 0 Å². The molecule has 1 atom stereocenters. The van der Waals surface area contributed by atoms with Crippen LogP contribution in [0.3, 0.4) is 0 Å². The van der Waals surface area contributed by atoms with Gasteiger partial charge in [-0.3, -0.25) is 4.79 Å². The second-order valence-electron chi connectivity index (χ2n) is 7.04. The van der Waals surface area contributed by atoms with Crippen molar-refractivity contribution in [2.75, 3.05) is 0 Å². The summed E-state index contributed by atoms with van der Waals surface area (Å²) in [6, 6.07) is 24.0. The van der Waals surface area contributed by atoms with Crippen molar-refractivity contribution >= 4 is 17.5 Å². The van der Waals surface area contributed by atoms with Crippen LogP contribution in [0.2, 0.25) is 5.02 Å². The highest BCUT2D eigenvalue weighted by Crippen LogP contribution is 2.23. The molecular formula is C24H20ClN3O2. The Morgan fingerprint density at radius 1 is 1.00 bits per heavy atom. The summed E-state index contributed by atoms with van der Waals surface area (Å²) < 4.78 is 5.53. The molecular weight excluding hydrogens is 398 g/mol. The first kappa shape index (κ1) is 19.9. The second kappa shape index (κ2) is 8.93. The third-order valence-electron chi connectivity index (χ3n) is 4.74. The molecule has 0 fully saturated rings. The van der Waals surface area contributed by atoms with Crippen molar-refractivity contribution < 1.29 is 9.32 Å². The predicted octanol–water partition coefficient (Wildman–Crippen LogP) is 5.41. The molecule has 4 aromatic rings. The Hall–Kier alpha value is -3.44. The molecule has 1 amide bonds. The molecule has 0 spiro atoms. The summed E-state index contributed by atoms with van der Waals surface area (Å²) >= 11 is 5.96. The Kier molecular flexibility index (Phi) is 5.91. The minimum atomic E-state index is -0.463. The molecule has 0 aliphatic heterocycles. The Labute approximate surface area is 179 Å². The van der Waals surface area contributed by atoms with Crippen LogP contribution in [0.5, 0.6) is 0 Å². The van der Waals surface area contributed by atoms with E-state index in [0.717, 1.165) is 16.7 Å². The van der Waals surface area contributed by atoms with Crippen LogP contribution in [0.4, 0.5) is 0 Å². The zero-order valence-corrected chi connectivity index (χ0v) is 17.1. The molecule has 0 radical (unpaired) electrons. The molecule has 30 heavy (non-hydrogen) atoms. The highest BCUT2D eigenvalue weighted by molar-refractivity contribution is 6.30. The lowest BCUT2D eigenvalue weighted by atomic mass is 10.0. The summed E-state index contributed by atoms with van der Waals surface area (Å²) in [5, 5.41) is 7.76. The lowest BCUT2D eigenvalue weighted by Crippen LogP contribution is -2.30. The molecule has 6 heteroatoms. The molecule has 0 unspecified atom stereocenters. The van der Waals surface area contributed by atoms with E-state index in [0.29, 0.717) is 28.7 Å². The van der Waals surface area contributed by atoms with Gasteiger partial charge in [0.25, 0.3) is 5.91 Å². The topological polar surface area (TPSA) is 68.0 Å². The summed E-state index contributed by atoms with van der Waals surface area (Å²) in [7, 11) is 0. The monoisotopic (exact) mass is 417 g/mol. The number of hydrogen-bond acceptors (Lipinski definition) is 4. The Morgan fingerprint density at radius 2 is 1.70 bits per heavy atom. The van der Waals surface area contributed by atoms with Gasteiger partial charge in [0.05, 0.1) is 0 Å². The molecule has 0 bridgehead atoms. The Morgan fingerprint density at radius 3 is 2.40 bits per heavy atom. The van der Waals surface area contributed by atoms with Crippen LogP contribution in [-0.2, 0) is 6.42 Å². The van der Waals surface area contributed by atoms with Gasteiger partial charge in [-0.2, -0.15) is 4.98 Å². The van der Waals surface area contributed by atoms with Gasteiger partial charge in [0.1, 0.15) is 6.04 Å². The maximum Gasteiger partial charge on any atom is 0.251 e. The molecule has 150 valence electrons. The molecule has 3 aromatic carbocycles. The van der Waals surface area contributed by atoms with Crippen molar-refractivity contribution in [3.8, 4) is 11.4 Å². The van der Waals surface area contributed by atoms with Gasteiger partial charge in [-0.25, -0.2) is 0 Å². The van der Waals surface area contributed by atoms with Crippen LogP contribution in [0, 0.1) is 6.92 Å². The number of nitrogens with one attached hydrogen (secondary N) is 1. The van der Waals surface area contributed by atoms with Gasteiger partial charge in [-0.15, -0.1) is 0 Å². The van der Waals surface area contributed by atoms with Crippen LogP contribution < -0.4 is 5.32 Å². The minimum absolute atomic E-state index is 0.192. The Balaban J connectivity index is 1.61. The average molecular weight is 418 g/mol. The van der Waals surface area contributed by atoms with Crippen molar-refractivity contribution in [3.05, 3.63) is 106 Å². The van der Waals surface area contributed by atoms with E-state index in [1.165, 1.54) is 0 Å². The molecule has 4 rings (SSSR count). The van der Waals surface area contributed by atoms with E-state index in [-0.39, 0.29) is 5.91 Å². The number of rotatable bonds is 6. The van der Waals surface area contributed by atoms with E-state index in [4.69, 9.17) is 16.1 Å². The van der Waals surface area contributed by atoms with Gasteiger partial charge in [0.2, 0.25) is 11.7 Å². The van der Waals surface area contributed by atoms with Gasteiger partial charge in [-0.05, 0) is 48.9 Å². The lowest BCUT2D eigenvalue weighted by molar-refractivity contribution is 0.0928. The number of carbonyl (C=O) groups is 1. The fourth-order valence-electron chi connectivity index (χ4n) is 3.09. The zero-order chi connectivity index (χ0) is 20.9. The number of nitrogens with zero attached hydrogens (tertiary/aromatic N) is 2. The highest BCUT2D eigenvalue weighted by atomic mass is 35.5. The number of carbonyl (C=O) groups excluding carboxylic acids is 1. The van der Waals surface area contributed by atoms with Crippen molar-refractivity contribution in [1.82, 2.24) is 15.5 Å². The summed E-state index contributed by atoms with van der Waals surface area (Å²) in [6.07, 6.45) is 0.528. The second-order valence-corrected chi connectivity index (χ2v) is 7.48. The first-order chi connectivity index (χ1) is 14.6. The summed E-state index contributed by atoms with van der Waals surface area (Å²) in [5.74, 6) is 0.607. The number of aromatic nitrogens is 2. The third-order valence-corrected chi connectivity index (χ3v) is 5.00. The van der Waals surface area contributed by atoms with Crippen LogP contribution >= 0.6 is 11.6 Å². The normalized spacial score (nSPS) is 11.8. The van der Waals surface area contributed by atoms with E-state index in [1.54, 1.807) is 24.3 Å². The number of benzene rings is 3. The summed E-state index contributed by atoms with van der Waals surface area (Å²) in [6.45, 7) is 1.98. The van der Waals surface area contributed by atoms with E-state index >= 15 is 0 Å². The van der Waals surface area contributed by atoms with Crippen LogP contribution in [-0.4, -0.2) is 16.0 Å². The van der Waals surface area contributed by atoms with Crippen LogP contribution in [0.25, 0.3) is 11.4 Å². The first-order valence-electron chi connectivity index (χ1n) is 9.59. The van der Waals surface area contributed by atoms with Crippen molar-refractivity contribution in [2.24, 2.45) is 0 Å². The van der Waals surface area contributed by atoms with Gasteiger partial charge in [-0.1, -0.05) is 64.8 Å². The third kappa shape index (κ3) is 4.75. The van der Waals surface area contributed by atoms with Gasteiger partial charge in [0, 0.05) is 22.6 Å². The van der Waals surface area contributed by atoms with E-state index in [2.05, 4.69) is 15.5 Å². The van der Waals surface area contributed by atoms with Crippen molar-refractivity contribution in [2.45, 2.75) is 19.4 Å². The van der Waals surface area contributed by atoms with E-state index < -0.39 is 6.04 Å². The number of aryl methyl sites for hydroxylation is 1. The zero-order valence-electron chi connectivity index (χ0n) is 16.4. The molecule has 0 saturated carbocycles. The fraction of sp³-hybridized carbons (Fsp3) is 0.125. The molecule has 5 nitrogen and oxygen atoms in total. The maximum absolute atomic E-state index is 12.8. The molecule has 0 saturated heterocycles. The average Bonchev–Trinajstić information content (AvgIpc) is 3.25. The minimum Gasteiger partial charge on any atom is -0.340 e. The Bertz CT molecular complexity index is 1120. The molecule has 1 heterocycles. The predicted molar refractivity (Wildman–Crippen MR) is 116 cm³/mol. The van der Waals surface area contributed by atoms with Gasteiger partial charge < -0.3 is 9.84 Å². The molecule has 1 aromatic heterocycles. The quantitative estimate of drug-likeness (QED) is 0.455. The van der Waals surface area contributed by atoms with Crippen molar-refractivity contribution in [3.63, 3.8) is 0 Å². The summed E-state index contributed by atoms with van der Waals surface area (Å²) in [4.78, 5) is 17.4. The maximum atomic E-state index is 12.8. The first-order valence-corrected chi connectivity index (χ1v) is 9.97. The fourth-order valence-corrected chi connectivity index (χ4v) is 3.22. The van der Waals surface area contributed by atoms with E-state index in [9.17, 15) is 4.79 Å². The lowest BCUT2D eigenvalue weighted by Gasteiger charge is -2.15. The number of hydrogen-bond donors (Lipinski definition) is 1. The van der Waals surface area contributed by atoms with Crippen LogP contribution in [0.1, 0.15) is 33.4 Å². The highest BCUT2D eigenvalue weighted by Gasteiger charge is 2.23. The standard InChI is InChI=1S/C24H20ClN3O2/c1-16-7-9-19(10-8-16)23(29)26-21(15-17-5-3-2-4-6-17)24-27-22(28-30-24)18-11-13-20(25)14-12-18/h2-14,21H,15H2,1H3,(H,26,29)/t21-/m1/s1. The number of amides is 1. The molecule has 1 N–H and O–H groups in total. The largest absolute Gasteiger partial charge is 0.340 e. The number of halogens is 1. The molecule has 0 aliphatic rings. The smallest absolute Gasteiger partial charge is 0.251 e. The molecule has 0 aliphatic carbocycles. The van der Waals surface area contributed by atoms with E-state index in [1.807, 2.05) is 61.5 Å². The van der Waals surface area contributed by atoms with Crippen LogP contribution in [0.15, 0.2) is 83.4 Å². The van der Waals surface area contributed by atoms with Gasteiger partial charge >= 0.3 is 0 Å². The SMILES string of the molecule is Cc1ccc(C(=O)N[C@H](Cc2ccccc2)c2nc(-c3ccc(Cl)cc3)no2)cc1.